The Morgan fingerprint density at radius 3 is 3.00 bits per heavy atom. The normalized spacial score (nSPS) is 10.2. The van der Waals surface area contributed by atoms with Crippen molar-refractivity contribution < 1.29 is 4.79 Å². The molecule has 17 heavy (non-hydrogen) atoms. The number of nitrogen functional groups attached to an aromatic ring is 1. The van der Waals surface area contributed by atoms with Gasteiger partial charge in [-0.15, -0.1) is 0 Å². The van der Waals surface area contributed by atoms with Gasteiger partial charge in [-0.3, -0.25) is 9.89 Å². The monoisotopic (exact) mass is 232 g/mol. The molecule has 0 unspecified atom stereocenters. The number of hydrogen-bond acceptors (Lipinski definition) is 5. The second-order valence-electron chi connectivity index (χ2n) is 3.53. The molecule has 7 nitrogen and oxygen atoms in total. The zero-order chi connectivity index (χ0) is 12.3. The van der Waals surface area contributed by atoms with E-state index in [4.69, 9.17) is 5.73 Å². The number of H-pyrrole nitrogens is 1. The van der Waals surface area contributed by atoms with E-state index in [-0.39, 0.29) is 11.6 Å². The Kier molecular flexibility index (Phi) is 2.99. The number of amides is 1. The second-order valence-corrected chi connectivity index (χ2v) is 3.53. The van der Waals surface area contributed by atoms with Gasteiger partial charge in [-0.25, -0.2) is 9.97 Å². The predicted molar refractivity (Wildman–Crippen MR) is 60.8 cm³/mol. The van der Waals surface area contributed by atoms with E-state index in [1.807, 2.05) is 0 Å². The molecule has 0 aliphatic heterocycles. The average Bonchev–Trinajstić information content (AvgIpc) is 2.81. The van der Waals surface area contributed by atoms with Crippen molar-refractivity contribution in [1.82, 2.24) is 25.1 Å². The Bertz CT molecular complexity index is 509. The first-order valence-electron chi connectivity index (χ1n) is 4.98. The molecule has 2 heterocycles. The summed E-state index contributed by atoms with van der Waals surface area (Å²) in [4.78, 5) is 21.4. The lowest BCUT2D eigenvalue weighted by Crippen LogP contribution is -2.28. The van der Waals surface area contributed by atoms with E-state index in [9.17, 15) is 4.79 Å². The molecule has 7 heteroatoms. The lowest BCUT2D eigenvalue weighted by atomic mass is 10.2. The first-order chi connectivity index (χ1) is 8.18. The van der Waals surface area contributed by atoms with E-state index < -0.39 is 0 Å². The second kappa shape index (κ2) is 4.60. The number of pyridine rings is 1. The number of aromatic nitrogens is 4. The zero-order valence-electron chi connectivity index (χ0n) is 9.29. The molecule has 0 fully saturated rings. The molecule has 2 rings (SSSR count). The minimum atomic E-state index is -0.250. The topological polar surface area (TPSA) is 101 Å². The molecule has 2 aromatic rings. The summed E-state index contributed by atoms with van der Waals surface area (Å²) in [6.45, 7) is 0.328. The molecule has 0 saturated carbocycles. The van der Waals surface area contributed by atoms with Crippen molar-refractivity contribution in [2.24, 2.45) is 0 Å². The smallest absolute Gasteiger partial charge is 0.274 e. The third-order valence-electron chi connectivity index (χ3n) is 2.24. The van der Waals surface area contributed by atoms with Crippen LogP contribution in [0.5, 0.6) is 0 Å². The molecular weight excluding hydrogens is 220 g/mol. The first kappa shape index (κ1) is 11.1. The van der Waals surface area contributed by atoms with Gasteiger partial charge in [0.05, 0.1) is 12.2 Å². The lowest BCUT2D eigenvalue weighted by Gasteiger charge is -2.15. The summed E-state index contributed by atoms with van der Waals surface area (Å²) in [6, 6.07) is 3.32. The van der Waals surface area contributed by atoms with Crippen LogP contribution in [0.1, 0.15) is 16.3 Å². The standard InChI is InChI=1S/C10H12N6O/c1-16(5-8-13-6-14-15-8)10(17)9-7(11)3-2-4-12-9/h2-4,6H,5,11H2,1H3,(H,13,14,15). The van der Waals surface area contributed by atoms with Crippen LogP contribution >= 0.6 is 0 Å². The van der Waals surface area contributed by atoms with Crippen LogP contribution in [-0.2, 0) is 6.54 Å². The van der Waals surface area contributed by atoms with Crippen LogP contribution in [0.4, 0.5) is 5.69 Å². The number of hydrogen-bond donors (Lipinski definition) is 2. The number of carbonyl (C=O) groups excluding carboxylic acids is 1. The van der Waals surface area contributed by atoms with Gasteiger partial charge in [-0.05, 0) is 12.1 Å². The van der Waals surface area contributed by atoms with Crippen LogP contribution < -0.4 is 5.73 Å². The summed E-state index contributed by atoms with van der Waals surface area (Å²) >= 11 is 0. The molecule has 0 atom stereocenters. The quantitative estimate of drug-likeness (QED) is 0.778. The highest BCUT2D eigenvalue weighted by atomic mass is 16.2. The first-order valence-corrected chi connectivity index (χ1v) is 4.98. The Morgan fingerprint density at radius 2 is 2.35 bits per heavy atom. The van der Waals surface area contributed by atoms with E-state index >= 15 is 0 Å². The number of rotatable bonds is 3. The molecular formula is C10H12N6O. The number of carbonyl (C=O) groups is 1. The minimum absolute atomic E-state index is 0.245. The van der Waals surface area contributed by atoms with E-state index in [1.54, 1.807) is 19.2 Å². The van der Waals surface area contributed by atoms with Crippen LogP contribution in [0, 0.1) is 0 Å². The Morgan fingerprint density at radius 1 is 1.53 bits per heavy atom. The fourth-order valence-electron chi connectivity index (χ4n) is 1.38. The van der Waals surface area contributed by atoms with E-state index in [2.05, 4.69) is 20.2 Å². The minimum Gasteiger partial charge on any atom is -0.397 e. The fraction of sp³-hybridized carbons (Fsp3) is 0.200. The summed E-state index contributed by atoms with van der Waals surface area (Å²) in [6.07, 6.45) is 2.93. The lowest BCUT2D eigenvalue weighted by molar-refractivity contribution is 0.0777. The van der Waals surface area contributed by atoms with Crippen molar-refractivity contribution in [3.05, 3.63) is 36.2 Å². The van der Waals surface area contributed by atoms with Crippen LogP contribution in [-0.4, -0.2) is 38.0 Å². The van der Waals surface area contributed by atoms with E-state index in [0.717, 1.165) is 0 Å². The molecule has 1 amide bonds. The zero-order valence-corrected chi connectivity index (χ0v) is 9.29. The molecule has 88 valence electrons. The molecule has 3 N–H and O–H groups in total. The van der Waals surface area contributed by atoms with Crippen LogP contribution in [0.25, 0.3) is 0 Å². The third-order valence-corrected chi connectivity index (χ3v) is 2.24. The summed E-state index contributed by atoms with van der Waals surface area (Å²) in [5.74, 6) is 0.356. The van der Waals surface area contributed by atoms with Crippen LogP contribution in [0.3, 0.4) is 0 Å². The molecule has 0 aromatic carbocycles. The highest BCUT2D eigenvalue weighted by Crippen LogP contribution is 2.10. The highest BCUT2D eigenvalue weighted by Gasteiger charge is 2.16. The maximum Gasteiger partial charge on any atom is 0.274 e. The van der Waals surface area contributed by atoms with Gasteiger partial charge in [0.25, 0.3) is 5.91 Å². The van der Waals surface area contributed by atoms with Crippen LogP contribution in [0.15, 0.2) is 24.7 Å². The highest BCUT2D eigenvalue weighted by molar-refractivity contribution is 5.96. The fourth-order valence-corrected chi connectivity index (χ4v) is 1.38. The van der Waals surface area contributed by atoms with Crippen molar-refractivity contribution >= 4 is 11.6 Å². The number of anilines is 1. The van der Waals surface area contributed by atoms with Crippen molar-refractivity contribution in [2.75, 3.05) is 12.8 Å². The average molecular weight is 232 g/mol. The molecule has 2 aromatic heterocycles. The van der Waals surface area contributed by atoms with Gasteiger partial charge in [0.1, 0.15) is 12.2 Å². The van der Waals surface area contributed by atoms with Crippen molar-refractivity contribution in [1.29, 1.82) is 0 Å². The Hall–Kier alpha value is -2.44. The molecule has 0 spiro atoms. The number of nitrogens with two attached hydrogens (primary N) is 1. The van der Waals surface area contributed by atoms with Crippen LogP contribution in [0.2, 0.25) is 0 Å². The molecule has 0 bridgehead atoms. The van der Waals surface area contributed by atoms with Gasteiger partial charge in [0.2, 0.25) is 0 Å². The van der Waals surface area contributed by atoms with Gasteiger partial charge in [-0.2, -0.15) is 5.10 Å². The summed E-state index contributed by atoms with van der Waals surface area (Å²) in [7, 11) is 1.65. The summed E-state index contributed by atoms with van der Waals surface area (Å²) in [5.41, 5.74) is 6.29. The molecule has 0 aliphatic carbocycles. The van der Waals surface area contributed by atoms with E-state index in [0.29, 0.717) is 18.1 Å². The Labute approximate surface area is 97.7 Å². The van der Waals surface area contributed by atoms with Gasteiger partial charge < -0.3 is 10.6 Å². The van der Waals surface area contributed by atoms with Gasteiger partial charge in [0.15, 0.2) is 5.69 Å². The molecule has 0 saturated heterocycles. The van der Waals surface area contributed by atoms with Crippen molar-refractivity contribution in [2.45, 2.75) is 6.54 Å². The Balaban J connectivity index is 2.13. The summed E-state index contributed by atoms with van der Waals surface area (Å²) < 4.78 is 0. The largest absolute Gasteiger partial charge is 0.397 e. The van der Waals surface area contributed by atoms with Gasteiger partial charge in [0, 0.05) is 13.2 Å². The number of aromatic amines is 1. The predicted octanol–water partition coefficient (Wildman–Crippen LogP) is 0.0541. The van der Waals surface area contributed by atoms with Gasteiger partial charge >= 0.3 is 0 Å². The third kappa shape index (κ3) is 2.39. The van der Waals surface area contributed by atoms with E-state index in [1.165, 1.54) is 17.4 Å². The maximum atomic E-state index is 12.0. The van der Waals surface area contributed by atoms with Gasteiger partial charge in [-0.1, -0.05) is 0 Å². The number of nitrogens with one attached hydrogen (secondary N) is 1. The molecule has 0 radical (unpaired) electrons. The number of nitrogens with zero attached hydrogens (tertiary/aromatic N) is 4. The molecule has 0 aliphatic rings. The maximum absolute atomic E-state index is 12.0. The van der Waals surface area contributed by atoms with Crippen molar-refractivity contribution in [3.8, 4) is 0 Å². The SMILES string of the molecule is CN(Cc1ncn[nH]1)C(=O)c1ncccc1N. The summed E-state index contributed by atoms with van der Waals surface area (Å²) in [5, 5.41) is 6.39. The van der Waals surface area contributed by atoms with Crippen molar-refractivity contribution in [3.63, 3.8) is 0 Å².